The number of nitrogens with zero attached hydrogens (tertiary/aromatic N) is 1. The van der Waals surface area contributed by atoms with E-state index in [4.69, 9.17) is 4.52 Å². The van der Waals surface area contributed by atoms with Gasteiger partial charge in [-0.05, 0) is 11.1 Å². The second-order valence-electron chi connectivity index (χ2n) is 4.61. The van der Waals surface area contributed by atoms with Crippen LogP contribution in [0.25, 0.3) is 0 Å². The van der Waals surface area contributed by atoms with Gasteiger partial charge in [0.1, 0.15) is 5.76 Å². The molecule has 0 atom stereocenters. The molecule has 0 aliphatic heterocycles. The molecule has 2 nitrogen and oxygen atoms in total. The zero-order valence-corrected chi connectivity index (χ0v) is 10.6. The van der Waals surface area contributed by atoms with E-state index in [0.29, 0.717) is 0 Å². The molecule has 0 radical (unpaired) electrons. The molecular formula is C17H15NO. The zero-order valence-electron chi connectivity index (χ0n) is 10.6. The first kappa shape index (κ1) is 11.7. The van der Waals surface area contributed by atoms with Gasteiger partial charge < -0.3 is 4.52 Å². The largest absolute Gasteiger partial charge is 0.361 e. The first-order valence-electron chi connectivity index (χ1n) is 6.42. The minimum atomic E-state index is 0.794. The smallest absolute Gasteiger partial charge is 0.141 e. The van der Waals surface area contributed by atoms with Crippen LogP contribution in [0.15, 0.2) is 71.3 Å². The second-order valence-corrected chi connectivity index (χ2v) is 4.61. The molecule has 0 unspecified atom stereocenters. The molecule has 0 aliphatic rings. The van der Waals surface area contributed by atoms with Gasteiger partial charge in [0, 0.05) is 18.9 Å². The fraction of sp³-hybridized carbons (Fsp3) is 0.118. The fourth-order valence-corrected chi connectivity index (χ4v) is 2.12. The molecule has 0 saturated heterocycles. The van der Waals surface area contributed by atoms with Crippen molar-refractivity contribution in [1.82, 2.24) is 5.16 Å². The minimum Gasteiger partial charge on any atom is -0.361 e. The monoisotopic (exact) mass is 249 g/mol. The molecule has 94 valence electrons. The third kappa shape index (κ3) is 3.10. The Balaban J connectivity index is 1.70. The number of rotatable bonds is 4. The summed E-state index contributed by atoms with van der Waals surface area (Å²) >= 11 is 0. The van der Waals surface area contributed by atoms with E-state index in [0.717, 1.165) is 24.3 Å². The Morgan fingerprint density at radius 3 is 1.95 bits per heavy atom. The lowest BCUT2D eigenvalue weighted by Crippen LogP contribution is -1.87. The van der Waals surface area contributed by atoms with E-state index in [1.165, 1.54) is 11.1 Å². The quantitative estimate of drug-likeness (QED) is 0.701. The van der Waals surface area contributed by atoms with Gasteiger partial charge in [-0.2, -0.15) is 0 Å². The first-order chi connectivity index (χ1) is 9.40. The Morgan fingerprint density at radius 2 is 1.32 bits per heavy atom. The van der Waals surface area contributed by atoms with E-state index in [9.17, 15) is 0 Å². The lowest BCUT2D eigenvalue weighted by Gasteiger charge is -1.95. The summed E-state index contributed by atoms with van der Waals surface area (Å²) in [6, 6.07) is 22.6. The highest BCUT2D eigenvalue weighted by molar-refractivity contribution is 5.24. The standard InChI is InChI=1S/C17H15NO/c1-3-7-14(8-4-1)11-16-13-17(19-18-16)12-15-9-5-2-6-10-15/h1-10,13H,11-12H2. The zero-order chi connectivity index (χ0) is 12.9. The van der Waals surface area contributed by atoms with Gasteiger partial charge in [0.15, 0.2) is 0 Å². The van der Waals surface area contributed by atoms with Crippen molar-refractivity contribution in [2.24, 2.45) is 0 Å². The predicted molar refractivity (Wildman–Crippen MR) is 75.0 cm³/mol. The van der Waals surface area contributed by atoms with E-state index in [2.05, 4.69) is 29.4 Å². The van der Waals surface area contributed by atoms with Gasteiger partial charge in [-0.1, -0.05) is 65.8 Å². The normalized spacial score (nSPS) is 10.5. The SMILES string of the molecule is c1ccc(Cc2cc(Cc3ccccc3)on2)cc1. The molecule has 0 bridgehead atoms. The molecule has 1 heterocycles. The van der Waals surface area contributed by atoms with Gasteiger partial charge in [-0.25, -0.2) is 0 Å². The van der Waals surface area contributed by atoms with Crippen LogP contribution in [0.3, 0.4) is 0 Å². The maximum Gasteiger partial charge on any atom is 0.141 e. The van der Waals surface area contributed by atoms with E-state index in [1.807, 2.05) is 42.5 Å². The average molecular weight is 249 g/mol. The van der Waals surface area contributed by atoms with Crippen molar-refractivity contribution in [1.29, 1.82) is 0 Å². The molecule has 0 aliphatic carbocycles. The van der Waals surface area contributed by atoms with Crippen molar-refractivity contribution in [2.75, 3.05) is 0 Å². The highest BCUT2D eigenvalue weighted by Gasteiger charge is 2.05. The molecule has 19 heavy (non-hydrogen) atoms. The number of aromatic nitrogens is 1. The van der Waals surface area contributed by atoms with E-state index in [1.54, 1.807) is 0 Å². The Hall–Kier alpha value is -2.35. The van der Waals surface area contributed by atoms with Crippen molar-refractivity contribution < 1.29 is 4.52 Å². The third-order valence-electron chi connectivity index (χ3n) is 3.06. The highest BCUT2D eigenvalue weighted by atomic mass is 16.5. The molecule has 0 N–H and O–H groups in total. The Kier molecular flexibility index (Phi) is 3.41. The lowest BCUT2D eigenvalue weighted by molar-refractivity contribution is 0.384. The van der Waals surface area contributed by atoms with Gasteiger partial charge >= 0.3 is 0 Å². The third-order valence-corrected chi connectivity index (χ3v) is 3.06. The van der Waals surface area contributed by atoms with Crippen LogP contribution in [0.5, 0.6) is 0 Å². The maximum atomic E-state index is 5.39. The van der Waals surface area contributed by atoms with Crippen molar-refractivity contribution in [3.63, 3.8) is 0 Å². The Labute approximate surface area is 112 Å². The molecule has 1 aromatic heterocycles. The Bertz CT molecular complexity index is 573. The van der Waals surface area contributed by atoms with E-state index >= 15 is 0 Å². The van der Waals surface area contributed by atoms with Crippen LogP contribution in [-0.4, -0.2) is 5.16 Å². The topological polar surface area (TPSA) is 26.0 Å². The summed E-state index contributed by atoms with van der Waals surface area (Å²) in [6.07, 6.45) is 1.61. The van der Waals surface area contributed by atoms with Crippen LogP contribution in [0, 0.1) is 0 Å². The second kappa shape index (κ2) is 5.53. The van der Waals surface area contributed by atoms with Crippen LogP contribution < -0.4 is 0 Å². The van der Waals surface area contributed by atoms with Crippen LogP contribution in [0.1, 0.15) is 22.6 Å². The average Bonchev–Trinajstić information content (AvgIpc) is 2.88. The van der Waals surface area contributed by atoms with Crippen molar-refractivity contribution in [3.8, 4) is 0 Å². The molecule has 0 amide bonds. The number of hydrogen-bond acceptors (Lipinski definition) is 2. The molecule has 0 fully saturated rings. The van der Waals surface area contributed by atoms with Gasteiger partial charge in [0.25, 0.3) is 0 Å². The highest BCUT2D eigenvalue weighted by Crippen LogP contribution is 2.13. The van der Waals surface area contributed by atoms with Crippen molar-refractivity contribution in [3.05, 3.63) is 89.3 Å². The van der Waals surface area contributed by atoms with Crippen LogP contribution in [-0.2, 0) is 12.8 Å². The molecule has 3 rings (SSSR count). The molecule has 0 spiro atoms. The summed E-state index contributed by atoms with van der Waals surface area (Å²) in [5.41, 5.74) is 3.48. The maximum absolute atomic E-state index is 5.39. The van der Waals surface area contributed by atoms with Crippen LogP contribution >= 0.6 is 0 Å². The summed E-state index contributed by atoms with van der Waals surface area (Å²) < 4.78 is 5.39. The summed E-state index contributed by atoms with van der Waals surface area (Å²) in [7, 11) is 0. The first-order valence-corrected chi connectivity index (χ1v) is 6.42. The molecule has 2 aromatic carbocycles. The van der Waals surface area contributed by atoms with Crippen LogP contribution in [0.2, 0.25) is 0 Å². The Morgan fingerprint density at radius 1 is 0.737 bits per heavy atom. The summed E-state index contributed by atoms with van der Waals surface area (Å²) in [5, 5.41) is 4.13. The summed E-state index contributed by atoms with van der Waals surface area (Å²) in [6.45, 7) is 0. The molecule has 3 aromatic rings. The van der Waals surface area contributed by atoms with Gasteiger partial charge in [-0.3, -0.25) is 0 Å². The van der Waals surface area contributed by atoms with Gasteiger partial charge in [0.2, 0.25) is 0 Å². The summed E-state index contributed by atoms with van der Waals surface area (Å²) in [5.74, 6) is 0.914. The van der Waals surface area contributed by atoms with Crippen LogP contribution in [0.4, 0.5) is 0 Å². The number of hydrogen-bond donors (Lipinski definition) is 0. The number of benzene rings is 2. The van der Waals surface area contributed by atoms with E-state index in [-0.39, 0.29) is 0 Å². The molecular weight excluding hydrogens is 234 g/mol. The molecule has 2 heteroatoms. The summed E-state index contributed by atoms with van der Waals surface area (Å²) in [4.78, 5) is 0. The van der Waals surface area contributed by atoms with Gasteiger partial charge in [0.05, 0.1) is 5.69 Å². The predicted octanol–water partition coefficient (Wildman–Crippen LogP) is 3.86. The van der Waals surface area contributed by atoms with Gasteiger partial charge in [-0.15, -0.1) is 0 Å². The minimum absolute atomic E-state index is 0.794. The fourth-order valence-electron chi connectivity index (χ4n) is 2.12. The van der Waals surface area contributed by atoms with Crippen molar-refractivity contribution >= 4 is 0 Å². The van der Waals surface area contributed by atoms with Crippen molar-refractivity contribution in [2.45, 2.75) is 12.8 Å². The lowest BCUT2D eigenvalue weighted by atomic mass is 10.1. The van der Waals surface area contributed by atoms with E-state index < -0.39 is 0 Å². The molecule has 0 saturated carbocycles.